The monoisotopic (exact) mass is 514 g/mol. The van der Waals surface area contributed by atoms with Gasteiger partial charge < -0.3 is 21.7 Å². The second-order valence-corrected chi connectivity index (χ2v) is 7.73. The quantitative estimate of drug-likeness (QED) is 0.283. The fourth-order valence-corrected chi connectivity index (χ4v) is 2.80. The number of hydrogen-bond acceptors (Lipinski definition) is 6. The summed E-state index contributed by atoms with van der Waals surface area (Å²) in [7, 11) is 0. The zero-order chi connectivity index (χ0) is 24.6. The molecule has 1 unspecified atom stereocenters. The van der Waals surface area contributed by atoms with E-state index in [9.17, 15) is 9.59 Å². The van der Waals surface area contributed by atoms with Crippen molar-refractivity contribution in [2.24, 2.45) is 5.73 Å². The van der Waals surface area contributed by atoms with Gasteiger partial charge in [-0.25, -0.2) is 9.97 Å². The van der Waals surface area contributed by atoms with Crippen molar-refractivity contribution >= 4 is 39.2 Å². The first-order valence-electron chi connectivity index (χ1n) is 10.3. The lowest BCUT2D eigenvalue weighted by Gasteiger charge is -2.12. The van der Waals surface area contributed by atoms with Crippen molar-refractivity contribution < 1.29 is 9.59 Å². The van der Waals surface area contributed by atoms with Crippen molar-refractivity contribution in [2.45, 2.75) is 26.3 Å². The molecule has 2 rings (SSSR count). The summed E-state index contributed by atoms with van der Waals surface area (Å²) in [5.41, 5.74) is 7.47. The average Bonchev–Trinajstić information content (AvgIpc) is 2.79. The van der Waals surface area contributed by atoms with Crippen LogP contribution in [0.4, 0.5) is 11.5 Å². The minimum Gasteiger partial charge on any atom is -0.367 e. The molecule has 33 heavy (non-hydrogen) atoms. The molecule has 0 saturated heterocycles. The van der Waals surface area contributed by atoms with Crippen molar-refractivity contribution in [1.82, 2.24) is 15.3 Å². The molecule has 1 aromatic carbocycles. The molecule has 176 valence electrons. The zero-order valence-electron chi connectivity index (χ0n) is 19.0. The SMILES string of the molecule is C=C/C=C(\C=C)CC(N)C(=O)Nc1ccccc1.CC(=O)NCCNc1nc(C)ncc1Br. The summed E-state index contributed by atoms with van der Waals surface area (Å²) in [4.78, 5) is 30.7. The number of nitrogens with one attached hydrogen (secondary N) is 3. The predicted octanol–water partition coefficient (Wildman–Crippen LogP) is 3.74. The first kappa shape index (κ1) is 27.7. The van der Waals surface area contributed by atoms with Crippen LogP contribution in [0.1, 0.15) is 19.2 Å². The van der Waals surface area contributed by atoms with E-state index in [2.05, 4.69) is 55.0 Å². The van der Waals surface area contributed by atoms with Crippen LogP contribution >= 0.6 is 15.9 Å². The minimum absolute atomic E-state index is 0.0327. The van der Waals surface area contributed by atoms with Gasteiger partial charge in [0.15, 0.2) is 0 Å². The maximum atomic E-state index is 11.8. The molecule has 0 bridgehead atoms. The lowest BCUT2D eigenvalue weighted by molar-refractivity contribution is -0.119. The molecule has 0 aliphatic carbocycles. The lowest BCUT2D eigenvalue weighted by atomic mass is 10.1. The smallest absolute Gasteiger partial charge is 0.241 e. The van der Waals surface area contributed by atoms with Crippen molar-refractivity contribution in [2.75, 3.05) is 23.7 Å². The topological polar surface area (TPSA) is 122 Å². The molecular weight excluding hydrogens is 484 g/mol. The fourth-order valence-electron chi connectivity index (χ4n) is 2.47. The average molecular weight is 515 g/mol. The predicted molar refractivity (Wildman–Crippen MR) is 138 cm³/mol. The van der Waals surface area contributed by atoms with Gasteiger partial charge in [0.05, 0.1) is 10.5 Å². The third kappa shape index (κ3) is 11.8. The number of amides is 2. The Hall–Kier alpha value is -3.30. The highest BCUT2D eigenvalue weighted by atomic mass is 79.9. The number of benzene rings is 1. The van der Waals surface area contributed by atoms with Crippen molar-refractivity contribution in [3.8, 4) is 0 Å². The summed E-state index contributed by atoms with van der Waals surface area (Å²) in [6, 6.07) is 8.63. The van der Waals surface area contributed by atoms with E-state index in [-0.39, 0.29) is 11.8 Å². The number of para-hydroxylation sites is 1. The number of hydrogen-bond donors (Lipinski definition) is 4. The molecule has 5 N–H and O–H groups in total. The Labute approximate surface area is 203 Å². The van der Waals surface area contributed by atoms with Crippen LogP contribution in [0.2, 0.25) is 0 Å². The van der Waals surface area contributed by atoms with Crippen LogP contribution in [0.5, 0.6) is 0 Å². The van der Waals surface area contributed by atoms with Gasteiger partial charge in [-0.05, 0) is 47.0 Å². The van der Waals surface area contributed by atoms with E-state index < -0.39 is 6.04 Å². The van der Waals surface area contributed by atoms with Crippen LogP contribution in [0.15, 0.2) is 78.0 Å². The van der Waals surface area contributed by atoms with E-state index in [1.165, 1.54) is 6.92 Å². The van der Waals surface area contributed by atoms with Gasteiger partial charge in [0.2, 0.25) is 11.8 Å². The van der Waals surface area contributed by atoms with E-state index in [0.717, 1.165) is 21.6 Å². The third-order valence-electron chi connectivity index (χ3n) is 4.08. The Bertz CT molecular complexity index is 963. The summed E-state index contributed by atoms with van der Waals surface area (Å²) in [5.74, 6) is 1.21. The molecular formula is C24H31BrN6O2. The molecule has 2 aromatic rings. The van der Waals surface area contributed by atoms with Gasteiger partial charge in [-0.15, -0.1) is 0 Å². The Morgan fingerprint density at radius 3 is 2.52 bits per heavy atom. The highest BCUT2D eigenvalue weighted by Gasteiger charge is 2.14. The maximum Gasteiger partial charge on any atom is 0.241 e. The Morgan fingerprint density at radius 1 is 1.21 bits per heavy atom. The minimum atomic E-state index is -0.602. The lowest BCUT2D eigenvalue weighted by Crippen LogP contribution is -2.35. The zero-order valence-corrected chi connectivity index (χ0v) is 20.6. The van der Waals surface area contributed by atoms with E-state index in [0.29, 0.717) is 25.3 Å². The highest BCUT2D eigenvalue weighted by Crippen LogP contribution is 2.17. The number of nitrogens with two attached hydrogens (primary N) is 1. The van der Waals surface area contributed by atoms with Crippen LogP contribution in [0.25, 0.3) is 0 Å². The first-order valence-corrected chi connectivity index (χ1v) is 11.1. The van der Waals surface area contributed by atoms with Crippen molar-refractivity contribution in [3.05, 3.63) is 83.8 Å². The van der Waals surface area contributed by atoms with Crippen LogP contribution < -0.4 is 21.7 Å². The molecule has 9 heteroatoms. The van der Waals surface area contributed by atoms with E-state index >= 15 is 0 Å². The molecule has 2 amide bonds. The molecule has 0 radical (unpaired) electrons. The summed E-state index contributed by atoms with van der Waals surface area (Å²) in [6.45, 7) is 11.8. The highest BCUT2D eigenvalue weighted by molar-refractivity contribution is 9.10. The van der Waals surface area contributed by atoms with Crippen molar-refractivity contribution in [1.29, 1.82) is 0 Å². The number of allylic oxidation sites excluding steroid dienone is 3. The number of anilines is 2. The molecule has 0 saturated carbocycles. The second kappa shape index (κ2) is 15.5. The molecule has 0 spiro atoms. The molecule has 0 aliphatic rings. The van der Waals surface area contributed by atoms with Crippen LogP contribution in [-0.2, 0) is 9.59 Å². The number of carbonyl (C=O) groups is 2. The van der Waals surface area contributed by atoms with Crippen LogP contribution in [-0.4, -0.2) is 40.9 Å². The first-order chi connectivity index (χ1) is 15.8. The largest absolute Gasteiger partial charge is 0.367 e. The summed E-state index contributed by atoms with van der Waals surface area (Å²) >= 11 is 3.34. The standard InChI is InChI=1S/C15H18N2O.C9H13BrN4O/c1-3-8-12(4-2)11-14(16)15(18)17-13-9-6-5-7-10-13;1-6-13-5-8(10)9(14-6)12-4-3-11-7(2)15/h3-10,14H,1-2,11,16H2,(H,17,18);5H,3-4H2,1-2H3,(H,11,15)(H,12,13,14)/b12-8+;. The fraction of sp³-hybridized carbons (Fsp3) is 0.250. The molecule has 0 fully saturated rings. The number of halogens is 1. The molecule has 8 nitrogen and oxygen atoms in total. The summed E-state index contributed by atoms with van der Waals surface area (Å²) < 4.78 is 0.816. The Kier molecular flexibility index (Phi) is 13.0. The number of aromatic nitrogens is 2. The Morgan fingerprint density at radius 2 is 1.91 bits per heavy atom. The van der Waals surface area contributed by atoms with Gasteiger partial charge in [0.25, 0.3) is 0 Å². The number of aryl methyl sites for hydroxylation is 1. The Balaban J connectivity index is 0.000000335. The summed E-state index contributed by atoms with van der Waals surface area (Å²) in [5, 5.41) is 8.55. The van der Waals surface area contributed by atoms with Crippen molar-refractivity contribution in [3.63, 3.8) is 0 Å². The van der Waals surface area contributed by atoms with Gasteiger partial charge in [0, 0.05) is 31.9 Å². The normalized spacial score (nSPS) is 11.3. The molecule has 0 aliphatic heterocycles. The second-order valence-electron chi connectivity index (χ2n) is 6.87. The number of nitrogens with zero attached hydrogens (tertiary/aromatic N) is 2. The summed E-state index contributed by atoms with van der Waals surface area (Å²) in [6.07, 6.45) is 7.26. The van der Waals surface area contributed by atoms with E-state index in [1.54, 1.807) is 24.4 Å². The number of rotatable bonds is 10. The van der Waals surface area contributed by atoms with Crippen LogP contribution in [0, 0.1) is 6.92 Å². The molecule has 1 heterocycles. The molecule has 1 aromatic heterocycles. The van der Waals surface area contributed by atoms with Crippen LogP contribution in [0.3, 0.4) is 0 Å². The third-order valence-corrected chi connectivity index (χ3v) is 4.66. The van der Waals surface area contributed by atoms with Gasteiger partial charge in [-0.3, -0.25) is 9.59 Å². The van der Waals surface area contributed by atoms with Gasteiger partial charge in [-0.1, -0.05) is 49.6 Å². The van der Waals surface area contributed by atoms with Gasteiger partial charge in [-0.2, -0.15) is 0 Å². The maximum absolute atomic E-state index is 11.8. The van der Waals surface area contributed by atoms with Gasteiger partial charge >= 0.3 is 0 Å². The van der Waals surface area contributed by atoms with E-state index in [4.69, 9.17) is 5.73 Å². The van der Waals surface area contributed by atoms with Gasteiger partial charge in [0.1, 0.15) is 11.6 Å². The number of carbonyl (C=O) groups excluding carboxylic acids is 2. The van der Waals surface area contributed by atoms with E-state index in [1.807, 2.05) is 37.3 Å². The molecule has 1 atom stereocenters.